The number of rotatable bonds is 4. The van der Waals surface area contributed by atoms with Gasteiger partial charge in [0.1, 0.15) is 6.33 Å². The van der Waals surface area contributed by atoms with Crippen LogP contribution in [0.5, 0.6) is 0 Å². The summed E-state index contributed by atoms with van der Waals surface area (Å²) >= 11 is 0. The van der Waals surface area contributed by atoms with Crippen molar-refractivity contribution in [3.63, 3.8) is 0 Å². The zero-order valence-corrected chi connectivity index (χ0v) is 16.0. The van der Waals surface area contributed by atoms with Crippen molar-refractivity contribution in [3.05, 3.63) is 76.3 Å². The van der Waals surface area contributed by atoms with Crippen LogP contribution < -0.4 is 5.56 Å². The van der Waals surface area contributed by atoms with E-state index in [1.54, 1.807) is 29.0 Å². The standard InChI is InChI=1S/C20H20N4O3S/c25-20-18-7-4-11-21-19(18)22-15-24(20)17-8-12-23(13-9-17)28(26,27)14-10-16-5-2-1-3-6-16/h1-7,10-11,14-15,17H,8-9,12-13H2. The van der Waals surface area contributed by atoms with E-state index in [4.69, 9.17) is 0 Å². The quantitative estimate of drug-likeness (QED) is 0.676. The summed E-state index contributed by atoms with van der Waals surface area (Å²) < 4.78 is 28.3. The van der Waals surface area contributed by atoms with Crippen molar-refractivity contribution >= 4 is 27.1 Å². The van der Waals surface area contributed by atoms with Crippen molar-refractivity contribution in [1.82, 2.24) is 18.8 Å². The molecule has 0 saturated carbocycles. The molecule has 8 heteroatoms. The first-order valence-corrected chi connectivity index (χ1v) is 10.6. The first-order valence-electron chi connectivity index (χ1n) is 9.10. The van der Waals surface area contributed by atoms with Crippen molar-refractivity contribution in [3.8, 4) is 0 Å². The number of aromatic nitrogens is 3. The van der Waals surface area contributed by atoms with E-state index in [1.165, 1.54) is 16.0 Å². The van der Waals surface area contributed by atoms with Crippen LogP contribution in [0.4, 0.5) is 0 Å². The topological polar surface area (TPSA) is 85.2 Å². The van der Waals surface area contributed by atoms with Gasteiger partial charge < -0.3 is 0 Å². The highest BCUT2D eigenvalue weighted by atomic mass is 32.2. The summed E-state index contributed by atoms with van der Waals surface area (Å²) in [5.41, 5.74) is 1.13. The number of hydrogen-bond donors (Lipinski definition) is 0. The third kappa shape index (κ3) is 3.74. The van der Waals surface area contributed by atoms with Gasteiger partial charge in [-0.15, -0.1) is 0 Å². The molecule has 1 saturated heterocycles. The minimum absolute atomic E-state index is 0.0749. The van der Waals surface area contributed by atoms with Crippen LogP contribution in [0.25, 0.3) is 17.1 Å². The predicted molar refractivity (Wildman–Crippen MR) is 108 cm³/mol. The van der Waals surface area contributed by atoms with E-state index in [-0.39, 0.29) is 11.6 Å². The average Bonchev–Trinajstić information content (AvgIpc) is 2.74. The Bertz CT molecular complexity index is 1160. The zero-order chi connectivity index (χ0) is 19.6. The zero-order valence-electron chi connectivity index (χ0n) is 15.2. The van der Waals surface area contributed by atoms with E-state index in [1.807, 2.05) is 30.3 Å². The van der Waals surface area contributed by atoms with Crippen molar-refractivity contribution < 1.29 is 8.42 Å². The number of hydrogen-bond acceptors (Lipinski definition) is 5. The summed E-state index contributed by atoms with van der Waals surface area (Å²) in [5.74, 6) is 0. The number of sulfonamides is 1. The van der Waals surface area contributed by atoms with Crippen LogP contribution in [0.1, 0.15) is 24.4 Å². The number of fused-ring (bicyclic) bond motifs is 1. The molecule has 0 atom stereocenters. The molecule has 144 valence electrons. The lowest BCUT2D eigenvalue weighted by atomic mass is 10.1. The van der Waals surface area contributed by atoms with Crippen molar-refractivity contribution in [2.75, 3.05) is 13.1 Å². The van der Waals surface area contributed by atoms with Crippen molar-refractivity contribution in [1.29, 1.82) is 0 Å². The van der Waals surface area contributed by atoms with Crippen LogP contribution in [0.2, 0.25) is 0 Å². The maximum Gasteiger partial charge on any atom is 0.263 e. The van der Waals surface area contributed by atoms with Crippen LogP contribution in [-0.2, 0) is 10.0 Å². The van der Waals surface area contributed by atoms with Gasteiger partial charge in [-0.1, -0.05) is 30.3 Å². The van der Waals surface area contributed by atoms with Crippen LogP contribution in [0, 0.1) is 0 Å². The van der Waals surface area contributed by atoms with Crippen LogP contribution in [0.15, 0.2) is 65.2 Å². The van der Waals surface area contributed by atoms with Gasteiger partial charge in [0.25, 0.3) is 5.56 Å². The van der Waals surface area contributed by atoms with E-state index in [0.717, 1.165) is 5.56 Å². The van der Waals surface area contributed by atoms with Gasteiger partial charge in [0.05, 0.1) is 5.39 Å². The summed E-state index contributed by atoms with van der Waals surface area (Å²) in [7, 11) is -3.49. The fourth-order valence-electron chi connectivity index (χ4n) is 3.42. The highest BCUT2D eigenvalue weighted by molar-refractivity contribution is 7.92. The molecule has 1 fully saturated rings. The monoisotopic (exact) mass is 396 g/mol. The Morgan fingerprint density at radius 3 is 2.50 bits per heavy atom. The molecule has 0 amide bonds. The Balaban J connectivity index is 1.48. The van der Waals surface area contributed by atoms with E-state index in [9.17, 15) is 13.2 Å². The second-order valence-electron chi connectivity index (χ2n) is 6.72. The van der Waals surface area contributed by atoms with E-state index in [0.29, 0.717) is 37.0 Å². The van der Waals surface area contributed by atoms with Crippen LogP contribution >= 0.6 is 0 Å². The molecule has 28 heavy (non-hydrogen) atoms. The highest BCUT2D eigenvalue weighted by Gasteiger charge is 2.28. The number of nitrogens with zero attached hydrogens (tertiary/aromatic N) is 4. The average molecular weight is 396 g/mol. The summed E-state index contributed by atoms with van der Waals surface area (Å²) in [6.07, 6.45) is 5.84. The van der Waals surface area contributed by atoms with E-state index in [2.05, 4.69) is 9.97 Å². The van der Waals surface area contributed by atoms with Gasteiger partial charge in [-0.2, -0.15) is 4.31 Å². The van der Waals surface area contributed by atoms with Crippen LogP contribution in [0.3, 0.4) is 0 Å². The molecule has 0 unspecified atom stereocenters. The minimum atomic E-state index is -3.49. The van der Waals surface area contributed by atoms with Gasteiger partial charge in [-0.25, -0.2) is 18.4 Å². The fraction of sp³-hybridized carbons (Fsp3) is 0.250. The maximum absolute atomic E-state index is 12.7. The molecule has 1 aliphatic heterocycles. The number of piperidine rings is 1. The number of pyridine rings is 1. The second kappa shape index (κ2) is 7.65. The molecule has 1 aliphatic rings. The third-order valence-electron chi connectivity index (χ3n) is 4.96. The van der Waals surface area contributed by atoms with E-state index >= 15 is 0 Å². The Morgan fingerprint density at radius 2 is 1.75 bits per heavy atom. The molecule has 0 bridgehead atoms. The lowest BCUT2D eigenvalue weighted by Crippen LogP contribution is -2.40. The van der Waals surface area contributed by atoms with Crippen molar-refractivity contribution in [2.45, 2.75) is 18.9 Å². The van der Waals surface area contributed by atoms with Gasteiger partial charge in [-0.05, 0) is 36.6 Å². The van der Waals surface area contributed by atoms with Crippen LogP contribution in [-0.4, -0.2) is 40.3 Å². The normalized spacial score (nSPS) is 16.7. The molecule has 0 N–H and O–H groups in total. The summed E-state index contributed by atoms with van der Waals surface area (Å²) in [6.45, 7) is 0.729. The smallest absolute Gasteiger partial charge is 0.263 e. The molecule has 2 aromatic heterocycles. The molecule has 0 radical (unpaired) electrons. The molecule has 1 aromatic carbocycles. The first-order chi connectivity index (χ1) is 13.5. The van der Waals surface area contributed by atoms with Gasteiger partial charge in [-0.3, -0.25) is 9.36 Å². The van der Waals surface area contributed by atoms with E-state index < -0.39 is 10.0 Å². The molecule has 4 rings (SSSR count). The van der Waals surface area contributed by atoms with Crippen molar-refractivity contribution in [2.24, 2.45) is 0 Å². The van der Waals surface area contributed by atoms with Gasteiger partial charge in [0.15, 0.2) is 5.65 Å². The van der Waals surface area contributed by atoms with Gasteiger partial charge in [0.2, 0.25) is 10.0 Å². The SMILES string of the molecule is O=c1c2cccnc2ncn1C1CCN(S(=O)(=O)C=Cc2ccccc2)CC1. The first kappa shape index (κ1) is 18.5. The molecular weight excluding hydrogens is 376 g/mol. The molecule has 7 nitrogen and oxygen atoms in total. The summed E-state index contributed by atoms with van der Waals surface area (Å²) in [4.78, 5) is 21.1. The predicted octanol–water partition coefficient (Wildman–Crippen LogP) is 2.43. The molecule has 3 aromatic rings. The Hall–Kier alpha value is -2.84. The Labute approximate surface area is 163 Å². The molecule has 0 aliphatic carbocycles. The third-order valence-corrected chi connectivity index (χ3v) is 6.53. The largest absolute Gasteiger partial charge is 0.295 e. The molecule has 0 spiro atoms. The molecular formula is C20H20N4O3S. The number of benzene rings is 1. The minimum Gasteiger partial charge on any atom is -0.295 e. The lowest BCUT2D eigenvalue weighted by Gasteiger charge is -2.31. The fourth-order valence-corrected chi connectivity index (χ4v) is 4.65. The second-order valence-corrected chi connectivity index (χ2v) is 8.54. The highest BCUT2D eigenvalue weighted by Crippen LogP contribution is 2.24. The lowest BCUT2D eigenvalue weighted by molar-refractivity contribution is 0.271. The maximum atomic E-state index is 12.7. The summed E-state index contributed by atoms with van der Waals surface area (Å²) in [5, 5.41) is 1.73. The van der Waals surface area contributed by atoms with Gasteiger partial charge in [0, 0.05) is 30.7 Å². The van der Waals surface area contributed by atoms with Gasteiger partial charge >= 0.3 is 0 Å². The molecule has 3 heterocycles. The Morgan fingerprint density at radius 1 is 1.00 bits per heavy atom. The summed E-state index contributed by atoms with van der Waals surface area (Å²) in [6, 6.07) is 12.7. The Kier molecular flexibility index (Phi) is 5.06.